The van der Waals surface area contributed by atoms with Gasteiger partial charge in [-0.15, -0.1) is 0 Å². The van der Waals surface area contributed by atoms with Gasteiger partial charge >= 0.3 is 0 Å². The van der Waals surface area contributed by atoms with Crippen LogP contribution in [0.3, 0.4) is 0 Å². The van der Waals surface area contributed by atoms with Crippen LogP contribution in [0.25, 0.3) is 22.3 Å². The van der Waals surface area contributed by atoms with Crippen LogP contribution in [0, 0.1) is 0 Å². The third kappa shape index (κ3) is 2.86. The fraction of sp³-hybridized carbons (Fsp3) is 0.167. The molecule has 3 aromatic rings. The normalized spacial score (nSPS) is 10.5. The van der Waals surface area contributed by atoms with Gasteiger partial charge in [-0.2, -0.15) is 0 Å². The Kier molecular flexibility index (Phi) is 4.29. The van der Waals surface area contributed by atoms with Gasteiger partial charge in [0.15, 0.2) is 11.5 Å². The maximum atomic E-state index is 11.5. The molecule has 0 atom stereocenters. The highest BCUT2D eigenvalue weighted by atomic mass is 16.5. The number of nitrogens with one attached hydrogen (secondary N) is 1. The number of anilines is 1. The first-order valence-electron chi connectivity index (χ1n) is 7.38. The minimum Gasteiger partial charge on any atom is -0.493 e. The average Bonchev–Trinajstić information content (AvgIpc) is 2.61. The molecule has 0 aliphatic rings. The maximum Gasteiger partial charge on any atom is 0.221 e. The second-order valence-corrected chi connectivity index (χ2v) is 5.15. The first-order valence-corrected chi connectivity index (χ1v) is 7.38. The molecule has 0 radical (unpaired) electrons. The lowest BCUT2D eigenvalue weighted by Gasteiger charge is -2.15. The van der Waals surface area contributed by atoms with E-state index in [9.17, 15) is 4.79 Å². The van der Waals surface area contributed by atoms with Gasteiger partial charge < -0.3 is 14.8 Å². The molecule has 1 amide bonds. The summed E-state index contributed by atoms with van der Waals surface area (Å²) in [6, 6.07) is 11.1. The van der Waals surface area contributed by atoms with Gasteiger partial charge in [0.2, 0.25) is 5.91 Å². The number of hydrogen-bond acceptors (Lipinski definition) is 5. The Morgan fingerprint density at radius 1 is 1.08 bits per heavy atom. The molecule has 6 heteroatoms. The number of rotatable bonds is 4. The maximum absolute atomic E-state index is 11.5. The van der Waals surface area contributed by atoms with Crippen LogP contribution in [0.2, 0.25) is 0 Å². The van der Waals surface area contributed by atoms with Gasteiger partial charge in [-0.1, -0.05) is 6.07 Å². The SMILES string of the molecule is COc1cc(NC(C)=O)c2nc(-c3ccccn3)ccc2c1OC. The van der Waals surface area contributed by atoms with Crippen LogP contribution in [-0.2, 0) is 4.79 Å². The Bertz CT molecular complexity index is 895. The van der Waals surface area contributed by atoms with E-state index in [1.165, 1.54) is 6.92 Å². The predicted octanol–water partition coefficient (Wildman–Crippen LogP) is 3.27. The molecule has 0 spiro atoms. The fourth-order valence-electron chi connectivity index (χ4n) is 2.55. The molecular formula is C18H17N3O3. The largest absolute Gasteiger partial charge is 0.493 e. The molecule has 0 aliphatic carbocycles. The number of ether oxygens (including phenoxy) is 2. The summed E-state index contributed by atoms with van der Waals surface area (Å²) < 4.78 is 10.8. The molecule has 0 unspecified atom stereocenters. The Morgan fingerprint density at radius 3 is 2.54 bits per heavy atom. The van der Waals surface area contributed by atoms with E-state index < -0.39 is 0 Å². The molecule has 0 saturated carbocycles. The highest BCUT2D eigenvalue weighted by Crippen LogP contribution is 2.40. The molecule has 24 heavy (non-hydrogen) atoms. The van der Waals surface area contributed by atoms with Crippen molar-refractivity contribution in [3.8, 4) is 22.9 Å². The number of benzene rings is 1. The van der Waals surface area contributed by atoms with Crippen molar-refractivity contribution in [3.63, 3.8) is 0 Å². The summed E-state index contributed by atoms with van der Waals surface area (Å²) in [6.07, 6.45) is 1.71. The molecule has 0 saturated heterocycles. The third-order valence-electron chi connectivity index (χ3n) is 3.56. The lowest BCUT2D eigenvalue weighted by Crippen LogP contribution is -2.08. The molecule has 0 fully saturated rings. The van der Waals surface area contributed by atoms with E-state index in [4.69, 9.17) is 9.47 Å². The van der Waals surface area contributed by atoms with E-state index in [-0.39, 0.29) is 5.91 Å². The summed E-state index contributed by atoms with van der Waals surface area (Å²) in [4.78, 5) is 20.5. The van der Waals surface area contributed by atoms with Crippen molar-refractivity contribution < 1.29 is 14.3 Å². The summed E-state index contributed by atoms with van der Waals surface area (Å²) in [5.74, 6) is 0.913. The van der Waals surface area contributed by atoms with Crippen LogP contribution < -0.4 is 14.8 Å². The highest BCUT2D eigenvalue weighted by molar-refractivity contribution is 6.03. The van der Waals surface area contributed by atoms with Crippen LogP contribution in [0.15, 0.2) is 42.6 Å². The van der Waals surface area contributed by atoms with Gasteiger partial charge in [0.05, 0.1) is 36.8 Å². The number of methoxy groups -OCH3 is 2. The summed E-state index contributed by atoms with van der Waals surface area (Å²) >= 11 is 0. The van der Waals surface area contributed by atoms with Gasteiger partial charge in [-0.3, -0.25) is 9.78 Å². The van der Waals surface area contributed by atoms with Crippen molar-refractivity contribution in [1.82, 2.24) is 9.97 Å². The minimum atomic E-state index is -0.187. The van der Waals surface area contributed by atoms with Crippen LogP contribution in [-0.4, -0.2) is 30.1 Å². The summed E-state index contributed by atoms with van der Waals surface area (Å²) in [7, 11) is 3.12. The Morgan fingerprint density at radius 2 is 1.92 bits per heavy atom. The Labute approximate surface area is 139 Å². The third-order valence-corrected chi connectivity index (χ3v) is 3.56. The quantitative estimate of drug-likeness (QED) is 0.797. The molecule has 6 nitrogen and oxygen atoms in total. The van der Waals surface area contributed by atoms with Crippen molar-refractivity contribution in [1.29, 1.82) is 0 Å². The standard InChI is InChI=1S/C18H17N3O3/c1-11(22)20-15-10-16(23-2)18(24-3)12-7-8-14(21-17(12)15)13-6-4-5-9-19-13/h4-10H,1-3H3,(H,20,22). The number of fused-ring (bicyclic) bond motifs is 1. The Hall–Kier alpha value is -3.15. The second-order valence-electron chi connectivity index (χ2n) is 5.15. The molecule has 0 aliphatic heterocycles. The van der Waals surface area contributed by atoms with Crippen molar-refractivity contribution in [3.05, 3.63) is 42.6 Å². The molecule has 1 N–H and O–H groups in total. The number of pyridine rings is 2. The molecule has 0 bridgehead atoms. The van der Waals surface area contributed by atoms with Crippen molar-refractivity contribution in [2.24, 2.45) is 0 Å². The number of hydrogen-bond donors (Lipinski definition) is 1. The molecule has 3 rings (SSSR count). The number of carbonyl (C=O) groups excluding carboxylic acids is 1. The zero-order valence-electron chi connectivity index (χ0n) is 13.7. The van der Waals surface area contributed by atoms with E-state index in [1.54, 1.807) is 26.5 Å². The smallest absolute Gasteiger partial charge is 0.221 e. The van der Waals surface area contributed by atoms with E-state index in [1.807, 2.05) is 30.3 Å². The van der Waals surface area contributed by atoms with Crippen LogP contribution in [0.5, 0.6) is 11.5 Å². The average molecular weight is 323 g/mol. The molecule has 1 aromatic carbocycles. The van der Waals surface area contributed by atoms with E-state index in [0.717, 1.165) is 11.1 Å². The first kappa shape index (κ1) is 15.7. The Balaban J connectivity index is 2.28. The van der Waals surface area contributed by atoms with Gasteiger partial charge in [0.25, 0.3) is 0 Å². The van der Waals surface area contributed by atoms with E-state index in [0.29, 0.717) is 28.4 Å². The van der Waals surface area contributed by atoms with Crippen LogP contribution in [0.4, 0.5) is 5.69 Å². The van der Waals surface area contributed by atoms with E-state index >= 15 is 0 Å². The minimum absolute atomic E-state index is 0.187. The van der Waals surface area contributed by atoms with Crippen LogP contribution in [0.1, 0.15) is 6.92 Å². The monoisotopic (exact) mass is 323 g/mol. The summed E-state index contributed by atoms with van der Waals surface area (Å²) in [5.41, 5.74) is 2.64. The molecular weight excluding hydrogens is 306 g/mol. The molecule has 2 aromatic heterocycles. The van der Waals surface area contributed by atoms with Crippen molar-refractivity contribution in [2.45, 2.75) is 6.92 Å². The van der Waals surface area contributed by atoms with Crippen molar-refractivity contribution in [2.75, 3.05) is 19.5 Å². The number of carbonyl (C=O) groups is 1. The van der Waals surface area contributed by atoms with E-state index in [2.05, 4.69) is 15.3 Å². The van der Waals surface area contributed by atoms with Gasteiger partial charge in [0.1, 0.15) is 0 Å². The second kappa shape index (κ2) is 6.54. The number of nitrogens with zero attached hydrogens (tertiary/aromatic N) is 2. The van der Waals surface area contributed by atoms with Crippen LogP contribution >= 0.6 is 0 Å². The molecule has 2 heterocycles. The zero-order valence-corrected chi connectivity index (χ0v) is 13.7. The van der Waals surface area contributed by atoms with Gasteiger partial charge in [-0.05, 0) is 24.3 Å². The van der Waals surface area contributed by atoms with Gasteiger partial charge in [0, 0.05) is 24.6 Å². The number of aromatic nitrogens is 2. The number of amides is 1. The van der Waals surface area contributed by atoms with Gasteiger partial charge in [-0.25, -0.2) is 4.98 Å². The summed E-state index contributed by atoms with van der Waals surface area (Å²) in [5, 5.41) is 3.55. The zero-order chi connectivity index (χ0) is 17.1. The first-order chi connectivity index (χ1) is 11.6. The molecule has 122 valence electrons. The summed E-state index contributed by atoms with van der Waals surface area (Å²) in [6.45, 7) is 1.45. The predicted molar refractivity (Wildman–Crippen MR) is 92.4 cm³/mol. The topological polar surface area (TPSA) is 73.3 Å². The lowest BCUT2D eigenvalue weighted by atomic mass is 10.1. The van der Waals surface area contributed by atoms with Crippen molar-refractivity contribution >= 4 is 22.5 Å². The fourth-order valence-corrected chi connectivity index (χ4v) is 2.55. The lowest BCUT2D eigenvalue weighted by molar-refractivity contribution is -0.114. The highest BCUT2D eigenvalue weighted by Gasteiger charge is 2.16.